The van der Waals surface area contributed by atoms with E-state index in [1.54, 1.807) is 25.3 Å². The van der Waals surface area contributed by atoms with Gasteiger partial charge in [-0.1, -0.05) is 12.1 Å². The first-order chi connectivity index (χ1) is 15.9. The lowest BCUT2D eigenvalue weighted by Crippen LogP contribution is -2.39. The molecule has 0 radical (unpaired) electrons. The topological polar surface area (TPSA) is 130 Å². The smallest absolute Gasteiger partial charge is 0.252 e. The van der Waals surface area contributed by atoms with Crippen LogP contribution < -0.4 is 16.0 Å². The second kappa shape index (κ2) is 11.2. The Kier molecular flexibility index (Phi) is 8.11. The van der Waals surface area contributed by atoms with Crippen molar-refractivity contribution in [2.24, 2.45) is 0 Å². The van der Waals surface area contributed by atoms with Crippen molar-refractivity contribution >= 4 is 18.1 Å². The standard InChI is InChI=1S/C24H30N8O/c1-16-14-28-24(30-21(13-26)15-27-20-8-10-32(3)11-9-20)31-22(16)18-4-6-19(7-5-18)23(33)29-17(2)12-25/h4-7,13-15,17,20,26-27H,8-11H2,1-3H3,(H,29,33)(H,28,30,31)/b21-15+,26-13?. The fourth-order valence-electron chi connectivity index (χ4n) is 3.51. The lowest BCUT2D eigenvalue weighted by Gasteiger charge is -2.29. The Morgan fingerprint density at radius 3 is 2.64 bits per heavy atom. The number of nitrogens with zero attached hydrogens (tertiary/aromatic N) is 4. The second-order valence-corrected chi connectivity index (χ2v) is 8.24. The summed E-state index contributed by atoms with van der Waals surface area (Å²) in [4.78, 5) is 23.5. The van der Waals surface area contributed by atoms with Gasteiger partial charge >= 0.3 is 0 Å². The summed E-state index contributed by atoms with van der Waals surface area (Å²) in [6.45, 7) is 5.66. The first kappa shape index (κ1) is 23.9. The average molecular weight is 447 g/mol. The molecule has 0 aliphatic carbocycles. The van der Waals surface area contributed by atoms with Crippen LogP contribution >= 0.6 is 0 Å². The van der Waals surface area contributed by atoms with Crippen LogP contribution in [-0.4, -0.2) is 59.2 Å². The Morgan fingerprint density at radius 1 is 1.30 bits per heavy atom. The van der Waals surface area contributed by atoms with Gasteiger partial charge in [0.25, 0.3) is 5.91 Å². The van der Waals surface area contributed by atoms with Crippen LogP contribution in [0, 0.1) is 23.7 Å². The van der Waals surface area contributed by atoms with Gasteiger partial charge in [0.15, 0.2) is 0 Å². The molecule has 9 nitrogen and oxygen atoms in total. The van der Waals surface area contributed by atoms with Gasteiger partial charge in [-0.25, -0.2) is 9.97 Å². The van der Waals surface area contributed by atoms with Crippen molar-refractivity contribution in [1.82, 2.24) is 25.5 Å². The summed E-state index contributed by atoms with van der Waals surface area (Å²) in [5.41, 5.74) is 3.51. The molecule has 0 bridgehead atoms. The molecule has 0 spiro atoms. The van der Waals surface area contributed by atoms with Crippen molar-refractivity contribution in [3.63, 3.8) is 0 Å². The molecule has 1 unspecified atom stereocenters. The molecule has 1 amide bonds. The number of nitriles is 1. The van der Waals surface area contributed by atoms with Crippen LogP contribution in [0.4, 0.5) is 5.95 Å². The molecule has 1 aromatic carbocycles. The molecule has 1 fully saturated rings. The molecular weight excluding hydrogens is 416 g/mol. The number of amides is 1. The van der Waals surface area contributed by atoms with Crippen molar-refractivity contribution in [2.75, 3.05) is 25.5 Å². The number of aromatic nitrogens is 2. The summed E-state index contributed by atoms with van der Waals surface area (Å²) in [6.07, 6.45) is 6.90. The predicted molar refractivity (Wildman–Crippen MR) is 129 cm³/mol. The highest BCUT2D eigenvalue weighted by Gasteiger charge is 2.15. The second-order valence-electron chi connectivity index (χ2n) is 8.24. The number of likely N-dealkylation sites (tertiary alicyclic amines) is 1. The minimum atomic E-state index is -0.556. The van der Waals surface area contributed by atoms with E-state index in [4.69, 9.17) is 10.7 Å². The number of piperidine rings is 1. The molecule has 1 saturated heterocycles. The maximum absolute atomic E-state index is 12.2. The van der Waals surface area contributed by atoms with E-state index in [9.17, 15) is 4.79 Å². The molecule has 1 aliphatic heterocycles. The summed E-state index contributed by atoms with van der Waals surface area (Å²) in [5, 5.41) is 25.7. The minimum Gasteiger partial charge on any atom is -0.386 e. The number of nitrogens with one attached hydrogen (secondary N) is 4. The number of carbonyl (C=O) groups is 1. The highest BCUT2D eigenvalue weighted by molar-refractivity contribution is 5.95. The van der Waals surface area contributed by atoms with Crippen molar-refractivity contribution in [2.45, 2.75) is 38.8 Å². The molecule has 4 N–H and O–H groups in total. The Morgan fingerprint density at radius 2 is 2.00 bits per heavy atom. The lowest BCUT2D eigenvalue weighted by molar-refractivity contribution is 0.0948. The third-order valence-corrected chi connectivity index (χ3v) is 5.54. The predicted octanol–water partition coefficient (Wildman–Crippen LogP) is 2.68. The van der Waals surface area contributed by atoms with Gasteiger partial charge in [-0.3, -0.25) is 4.79 Å². The number of rotatable bonds is 8. The molecule has 2 heterocycles. The SMILES string of the molecule is Cc1cnc(N/C(C=N)=C/NC2CCN(C)CC2)nc1-c1ccc(C(=O)NC(C)C#N)cc1. The first-order valence-corrected chi connectivity index (χ1v) is 11.0. The zero-order valence-electron chi connectivity index (χ0n) is 19.2. The Balaban J connectivity index is 1.71. The largest absolute Gasteiger partial charge is 0.386 e. The van der Waals surface area contributed by atoms with Crippen LogP contribution in [0.25, 0.3) is 11.3 Å². The summed E-state index contributed by atoms with van der Waals surface area (Å²) < 4.78 is 0. The molecular formula is C24H30N8O. The highest BCUT2D eigenvalue weighted by Crippen LogP contribution is 2.22. The van der Waals surface area contributed by atoms with Crippen LogP contribution in [0.5, 0.6) is 0 Å². The van der Waals surface area contributed by atoms with E-state index in [2.05, 4.69) is 37.9 Å². The number of hydrogen-bond acceptors (Lipinski definition) is 8. The summed E-state index contributed by atoms with van der Waals surface area (Å²) in [5.74, 6) is 0.0930. The van der Waals surface area contributed by atoms with Crippen LogP contribution in [0.2, 0.25) is 0 Å². The van der Waals surface area contributed by atoms with Gasteiger partial charge in [-0.15, -0.1) is 0 Å². The van der Waals surface area contributed by atoms with E-state index >= 15 is 0 Å². The minimum absolute atomic E-state index is 0.296. The first-order valence-electron chi connectivity index (χ1n) is 11.0. The van der Waals surface area contributed by atoms with Crippen molar-refractivity contribution in [3.05, 3.63) is 53.5 Å². The Labute approximate surface area is 194 Å². The molecule has 3 rings (SSSR count). The number of carbonyl (C=O) groups excluding carboxylic acids is 1. The molecule has 1 aliphatic rings. The van der Waals surface area contributed by atoms with Gasteiger partial charge in [0, 0.05) is 35.8 Å². The number of allylic oxidation sites excluding steroid dienone is 1. The van der Waals surface area contributed by atoms with Gasteiger partial charge in [-0.05, 0) is 64.5 Å². The van der Waals surface area contributed by atoms with E-state index in [1.165, 1.54) is 6.21 Å². The zero-order chi connectivity index (χ0) is 23.8. The summed E-state index contributed by atoms with van der Waals surface area (Å²) >= 11 is 0. The molecule has 33 heavy (non-hydrogen) atoms. The van der Waals surface area contributed by atoms with Crippen molar-refractivity contribution in [1.29, 1.82) is 10.7 Å². The van der Waals surface area contributed by atoms with Crippen LogP contribution in [0.1, 0.15) is 35.7 Å². The molecule has 1 aromatic heterocycles. The summed E-state index contributed by atoms with van der Waals surface area (Å²) in [6, 6.07) is 8.87. The van der Waals surface area contributed by atoms with E-state index < -0.39 is 6.04 Å². The fourth-order valence-corrected chi connectivity index (χ4v) is 3.51. The van der Waals surface area contributed by atoms with E-state index in [1.807, 2.05) is 31.3 Å². The Hall–Kier alpha value is -3.77. The quantitative estimate of drug-likeness (QED) is 0.459. The normalized spacial score (nSPS) is 15.9. The maximum atomic E-state index is 12.2. The fraction of sp³-hybridized carbons (Fsp3) is 0.375. The maximum Gasteiger partial charge on any atom is 0.252 e. The van der Waals surface area contributed by atoms with E-state index in [-0.39, 0.29) is 5.91 Å². The van der Waals surface area contributed by atoms with Gasteiger partial charge in [0.2, 0.25) is 5.95 Å². The van der Waals surface area contributed by atoms with Crippen molar-refractivity contribution in [3.8, 4) is 17.3 Å². The third-order valence-electron chi connectivity index (χ3n) is 5.54. The highest BCUT2D eigenvalue weighted by atomic mass is 16.1. The summed E-state index contributed by atoms with van der Waals surface area (Å²) in [7, 11) is 2.13. The van der Waals surface area contributed by atoms with Gasteiger partial charge in [0.1, 0.15) is 6.04 Å². The number of anilines is 1. The molecule has 2 aromatic rings. The molecule has 1 atom stereocenters. The van der Waals surface area contributed by atoms with Crippen LogP contribution in [0.3, 0.4) is 0 Å². The number of aryl methyl sites for hydroxylation is 1. The third kappa shape index (κ3) is 6.60. The monoisotopic (exact) mass is 446 g/mol. The molecule has 9 heteroatoms. The van der Waals surface area contributed by atoms with Gasteiger partial charge in [-0.2, -0.15) is 5.26 Å². The van der Waals surface area contributed by atoms with Gasteiger partial charge < -0.3 is 26.3 Å². The van der Waals surface area contributed by atoms with Gasteiger partial charge in [0.05, 0.1) is 17.5 Å². The average Bonchev–Trinajstić information content (AvgIpc) is 2.83. The van der Waals surface area contributed by atoms with Crippen LogP contribution in [-0.2, 0) is 0 Å². The lowest BCUT2D eigenvalue weighted by atomic mass is 10.1. The molecule has 0 saturated carbocycles. The van der Waals surface area contributed by atoms with E-state index in [0.29, 0.717) is 23.3 Å². The van der Waals surface area contributed by atoms with Crippen LogP contribution in [0.15, 0.2) is 42.4 Å². The number of hydrogen-bond donors (Lipinski definition) is 4. The zero-order valence-corrected chi connectivity index (χ0v) is 19.2. The van der Waals surface area contributed by atoms with E-state index in [0.717, 1.165) is 42.8 Å². The van der Waals surface area contributed by atoms with Crippen molar-refractivity contribution < 1.29 is 4.79 Å². The molecule has 172 valence electrons. The number of benzene rings is 1. The Bertz CT molecular complexity index is 1050.